The molecule has 2 unspecified atom stereocenters. The van der Waals surface area contributed by atoms with E-state index in [2.05, 4.69) is 22.5 Å². The number of likely N-dealkylation sites (tertiary alicyclic amines) is 1. The number of urea groups is 1. The molecule has 2 aliphatic heterocycles. The first-order valence-corrected chi connectivity index (χ1v) is 7.31. The van der Waals surface area contributed by atoms with E-state index in [4.69, 9.17) is 5.11 Å². The number of nitrogens with one attached hydrogen (secondary N) is 2. The summed E-state index contributed by atoms with van der Waals surface area (Å²) in [6.45, 7) is 4.26. The maximum atomic E-state index is 12.2. The zero-order chi connectivity index (χ0) is 15.4. The van der Waals surface area contributed by atoms with Gasteiger partial charge < -0.3 is 15.7 Å². The number of likely N-dealkylation sites (N-methyl/N-ethyl adjacent to an activating group) is 1. The van der Waals surface area contributed by atoms with Crippen molar-refractivity contribution in [3.05, 3.63) is 0 Å². The summed E-state index contributed by atoms with van der Waals surface area (Å²) in [5.41, 5.74) is 0. The first-order valence-electron chi connectivity index (χ1n) is 7.31. The highest BCUT2D eigenvalue weighted by atomic mass is 16.4. The molecular weight excluding hydrogens is 276 g/mol. The molecule has 21 heavy (non-hydrogen) atoms. The van der Waals surface area contributed by atoms with Crippen LogP contribution in [-0.2, 0) is 9.59 Å². The van der Waals surface area contributed by atoms with E-state index in [1.807, 2.05) is 0 Å². The Morgan fingerprint density at radius 1 is 1.48 bits per heavy atom. The molecular formula is C13H22N4O4. The van der Waals surface area contributed by atoms with E-state index in [1.165, 1.54) is 0 Å². The molecule has 0 aromatic heterocycles. The van der Waals surface area contributed by atoms with E-state index in [9.17, 15) is 14.4 Å². The molecule has 3 amide bonds. The van der Waals surface area contributed by atoms with Crippen LogP contribution in [-0.4, -0.2) is 77.6 Å². The van der Waals surface area contributed by atoms with Gasteiger partial charge in [0.1, 0.15) is 12.6 Å². The van der Waals surface area contributed by atoms with Crippen molar-refractivity contribution in [1.82, 2.24) is 20.4 Å². The first-order chi connectivity index (χ1) is 10.0. The third kappa shape index (κ3) is 3.63. The lowest BCUT2D eigenvalue weighted by molar-refractivity contribution is -0.144. The highest BCUT2D eigenvalue weighted by Gasteiger charge is 2.35. The summed E-state index contributed by atoms with van der Waals surface area (Å²) in [5, 5.41) is 14.4. The fourth-order valence-corrected chi connectivity index (χ4v) is 2.92. The number of nitrogens with zero attached hydrogens (tertiary/aromatic N) is 2. The van der Waals surface area contributed by atoms with Crippen LogP contribution in [0.3, 0.4) is 0 Å². The van der Waals surface area contributed by atoms with Gasteiger partial charge in [0.05, 0.1) is 0 Å². The molecule has 0 radical (unpaired) electrons. The maximum Gasteiger partial charge on any atom is 0.328 e. The number of carboxylic acids is 1. The largest absolute Gasteiger partial charge is 0.480 e. The molecule has 2 saturated heterocycles. The van der Waals surface area contributed by atoms with Gasteiger partial charge in [-0.2, -0.15) is 0 Å². The van der Waals surface area contributed by atoms with Crippen molar-refractivity contribution in [2.75, 3.05) is 32.7 Å². The van der Waals surface area contributed by atoms with Gasteiger partial charge in [0, 0.05) is 19.1 Å². The SMILES string of the molecule is CCN1CCCC1CNC(=O)N1CC(=O)NCC1C(=O)O. The van der Waals surface area contributed by atoms with E-state index in [0.717, 1.165) is 30.8 Å². The number of piperazine rings is 1. The summed E-state index contributed by atoms with van der Waals surface area (Å²) >= 11 is 0. The standard InChI is InChI=1S/C13H22N4O4/c1-2-16-5-3-4-9(16)6-15-13(21)17-8-11(18)14-7-10(17)12(19)20/h9-10H,2-8H2,1H3,(H,14,18)(H,15,21)(H,19,20). The van der Waals surface area contributed by atoms with Crippen LogP contribution in [0.15, 0.2) is 0 Å². The minimum Gasteiger partial charge on any atom is -0.480 e. The average molecular weight is 298 g/mol. The fourth-order valence-electron chi connectivity index (χ4n) is 2.92. The summed E-state index contributed by atoms with van der Waals surface area (Å²) in [6, 6.07) is -1.20. The van der Waals surface area contributed by atoms with E-state index < -0.39 is 18.0 Å². The molecule has 0 spiro atoms. The Morgan fingerprint density at radius 3 is 2.90 bits per heavy atom. The Balaban J connectivity index is 1.91. The summed E-state index contributed by atoms with van der Waals surface area (Å²) in [6.07, 6.45) is 2.13. The molecule has 0 aromatic carbocycles. The molecule has 2 fully saturated rings. The van der Waals surface area contributed by atoms with E-state index in [-0.39, 0.29) is 19.0 Å². The van der Waals surface area contributed by atoms with Crippen molar-refractivity contribution in [2.45, 2.75) is 31.8 Å². The van der Waals surface area contributed by atoms with Gasteiger partial charge in [0.25, 0.3) is 0 Å². The Morgan fingerprint density at radius 2 is 2.24 bits per heavy atom. The predicted octanol–water partition coefficient (Wildman–Crippen LogP) is -0.935. The number of aliphatic carboxylic acids is 1. The molecule has 8 nitrogen and oxygen atoms in total. The zero-order valence-electron chi connectivity index (χ0n) is 12.2. The maximum absolute atomic E-state index is 12.2. The number of rotatable bonds is 4. The van der Waals surface area contributed by atoms with Gasteiger partial charge in [0.15, 0.2) is 0 Å². The average Bonchev–Trinajstić information content (AvgIpc) is 2.91. The first kappa shape index (κ1) is 15.6. The molecule has 118 valence electrons. The van der Waals surface area contributed by atoms with Crippen LogP contribution >= 0.6 is 0 Å². The van der Waals surface area contributed by atoms with E-state index >= 15 is 0 Å². The Hall–Kier alpha value is -1.83. The van der Waals surface area contributed by atoms with Gasteiger partial charge in [-0.25, -0.2) is 9.59 Å². The molecule has 3 N–H and O–H groups in total. The lowest BCUT2D eigenvalue weighted by Gasteiger charge is -2.33. The normalized spacial score (nSPS) is 26.5. The Labute approximate surface area is 123 Å². The van der Waals surface area contributed by atoms with E-state index in [0.29, 0.717) is 12.6 Å². The van der Waals surface area contributed by atoms with Gasteiger partial charge >= 0.3 is 12.0 Å². The third-order valence-electron chi connectivity index (χ3n) is 4.12. The van der Waals surface area contributed by atoms with Crippen LogP contribution in [0.1, 0.15) is 19.8 Å². The lowest BCUT2D eigenvalue weighted by Crippen LogP contribution is -2.61. The van der Waals surface area contributed by atoms with Crippen molar-refractivity contribution in [3.63, 3.8) is 0 Å². The van der Waals surface area contributed by atoms with Gasteiger partial charge in [0.2, 0.25) is 5.91 Å². The quantitative estimate of drug-likeness (QED) is 0.622. The number of amides is 3. The van der Waals surface area contributed by atoms with Gasteiger partial charge in [-0.1, -0.05) is 6.92 Å². The predicted molar refractivity (Wildman–Crippen MR) is 74.8 cm³/mol. The number of hydrogen-bond donors (Lipinski definition) is 3. The van der Waals surface area contributed by atoms with Crippen molar-refractivity contribution < 1.29 is 19.5 Å². The number of carbonyl (C=O) groups excluding carboxylic acids is 2. The van der Waals surface area contributed by atoms with Crippen LogP contribution in [0.25, 0.3) is 0 Å². The molecule has 2 heterocycles. The zero-order valence-corrected chi connectivity index (χ0v) is 12.2. The molecule has 0 saturated carbocycles. The monoisotopic (exact) mass is 298 g/mol. The Bertz CT molecular complexity index is 428. The third-order valence-corrected chi connectivity index (χ3v) is 4.12. The van der Waals surface area contributed by atoms with Crippen molar-refractivity contribution in [2.24, 2.45) is 0 Å². The highest BCUT2D eigenvalue weighted by molar-refractivity contribution is 5.90. The van der Waals surface area contributed by atoms with Crippen molar-refractivity contribution >= 4 is 17.9 Å². The van der Waals surface area contributed by atoms with Crippen molar-refractivity contribution in [1.29, 1.82) is 0 Å². The number of hydrogen-bond acceptors (Lipinski definition) is 4. The second kappa shape index (κ2) is 6.75. The molecule has 2 atom stereocenters. The molecule has 8 heteroatoms. The lowest BCUT2D eigenvalue weighted by atomic mass is 10.2. The number of carbonyl (C=O) groups is 3. The molecule has 2 rings (SSSR count). The Kier molecular flexibility index (Phi) is 5.00. The summed E-state index contributed by atoms with van der Waals surface area (Å²) < 4.78 is 0. The molecule has 0 bridgehead atoms. The summed E-state index contributed by atoms with van der Waals surface area (Å²) in [5.74, 6) is -1.44. The topological polar surface area (TPSA) is 102 Å². The summed E-state index contributed by atoms with van der Waals surface area (Å²) in [7, 11) is 0. The van der Waals surface area contributed by atoms with Crippen LogP contribution in [0.5, 0.6) is 0 Å². The summed E-state index contributed by atoms with van der Waals surface area (Å²) in [4.78, 5) is 38.1. The molecule has 0 aliphatic carbocycles. The van der Waals surface area contributed by atoms with Crippen LogP contribution in [0.2, 0.25) is 0 Å². The minimum atomic E-state index is -1.11. The second-order valence-corrected chi connectivity index (χ2v) is 5.40. The molecule has 2 aliphatic rings. The minimum absolute atomic E-state index is 0.0495. The van der Waals surface area contributed by atoms with Crippen LogP contribution in [0.4, 0.5) is 4.79 Å². The van der Waals surface area contributed by atoms with E-state index in [1.54, 1.807) is 0 Å². The van der Waals surface area contributed by atoms with Crippen LogP contribution < -0.4 is 10.6 Å². The van der Waals surface area contributed by atoms with Crippen LogP contribution in [0, 0.1) is 0 Å². The number of carboxylic acid groups (broad SMARTS) is 1. The smallest absolute Gasteiger partial charge is 0.328 e. The highest BCUT2D eigenvalue weighted by Crippen LogP contribution is 2.15. The van der Waals surface area contributed by atoms with Gasteiger partial charge in [-0.05, 0) is 25.9 Å². The fraction of sp³-hybridized carbons (Fsp3) is 0.769. The second-order valence-electron chi connectivity index (χ2n) is 5.40. The van der Waals surface area contributed by atoms with Crippen molar-refractivity contribution in [3.8, 4) is 0 Å². The van der Waals surface area contributed by atoms with Gasteiger partial charge in [-0.3, -0.25) is 14.6 Å². The molecule has 0 aromatic rings. The van der Waals surface area contributed by atoms with Gasteiger partial charge in [-0.15, -0.1) is 0 Å².